The fraction of sp³-hybridized carbons (Fsp3) is 0.643. The van der Waals surface area contributed by atoms with Crippen LogP contribution in [0.3, 0.4) is 0 Å². The summed E-state index contributed by atoms with van der Waals surface area (Å²) in [5, 5.41) is 3.33. The van der Waals surface area contributed by atoms with Crippen molar-refractivity contribution in [2.75, 3.05) is 43.6 Å². The van der Waals surface area contributed by atoms with Crippen LogP contribution in [-0.4, -0.2) is 38.3 Å². The maximum Gasteiger partial charge on any atom is 0.130 e. The first-order chi connectivity index (χ1) is 8.83. The molecule has 0 amide bonds. The molecule has 1 fully saturated rings. The fourth-order valence-corrected chi connectivity index (χ4v) is 2.36. The molecule has 100 valence electrons. The Morgan fingerprint density at radius 3 is 3.17 bits per heavy atom. The molecule has 0 aromatic carbocycles. The van der Waals surface area contributed by atoms with E-state index in [1.165, 1.54) is 6.42 Å². The van der Waals surface area contributed by atoms with Crippen LogP contribution in [0.1, 0.15) is 19.8 Å². The number of rotatable bonds is 6. The quantitative estimate of drug-likeness (QED) is 0.840. The molecule has 2 rings (SSSR count). The highest BCUT2D eigenvalue weighted by Crippen LogP contribution is 2.23. The van der Waals surface area contributed by atoms with E-state index in [1.807, 2.05) is 6.07 Å². The van der Waals surface area contributed by atoms with E-state index in [4.69, 9.17) is 4.74 Å². The molecule has 4 nitrogen and oxygen atoms in total. The van der Waals surface area contributed by atoms with Gasteiger partial charge in [0.1, 0.15) is 11.6 Å². The summed E-state index contributed by atoms with van der Waals surface area (Å²) in [6, 6.07) is 6.19. The Morgan fingerprint density at radius 1 is 1.50 bits per heavy atom. The summed E-state index contributed by atoms with van der Waals surface area (Å²) in [4.78, 5) is 7.01. The molecule has 1 aromatic heterocycles. The average molecular weight is 249 g/mol. The van der Waals surface area contributed by atoms with Crippen LogP contribution in [0.25, 0.3) is 0 Å². The molecule has 18 heavy (non-hydrogen) atoms. The summed E-state index contributed by atoms with van der Waals surface area (Å²) in [6.07, 6.45) is 2.31. The standard InChI is InChI=1S/C14H23N3O/c1-3-8-15-13-5-4-6-14(16-13)17-9-7-12(10-17)11-18-2/h4-6,12H,3,7-11H2,1-2H3,(H,15,16). The normalized spacial score (nSPS) is 19.2. The molecular weight excluding hydrogens is 226 g/mol. The van der Waals surface area contributed by atoms with Crippen LogP contribution in [0.4, 0.5) is 11.6 Å². The number of pyridine rings is 1. The molecule has 4 heteroatoms. The number of methoxy groups -OCH3 is 1. The van der Waals surface area contributed by atoms with Crippen LogP contribution in [0, 0.1) is 5.92 Å². The topological polar surface area (TPSA) is 37.4 Å². The van der Waals surface area contributed by atoms with E-state index in [0.29, 0.717) is 5.92 Å². The zero-order valence-electron chi connectivity index (χ0n) is 11.4. The lowest BCUT2D eigenvalue weighted by atomic mass is 10.1. The molecule has 0 spiro atoms. The Labute approximate surface area is 109 Å². The second-order valence-electron chi connectivity index (χ2n) is 4.86. The van der Waals surface area contributed by atoms with Crippen LogP contribution in [-0.2, 0) is 4.74 Å². The molecule has 0 radical (unpaired) electrons. The van der Waals surface area contributed by atoms with E-state index < -0.39 is 0 Å². The maximum atomic E-state index is 5.23. The molecule has 1 atom stereocenters. The Kier molecular flexibility index (Phi) is 4.81. The van der Waals surface area contributed by atoms with Gasteiger partial charge in [0.05, 0.1) is 6.61 Å². The second kappa shape index (κ2) is 6.59. The van der Waals surface area contributed by atoms with E-state index in [0.717, 1.165) is 44.3 Å². The maximum absolute atomic E-state index is 5.23. The summed E-state index contributed by atoms with van der Waals surface area (Å²) < 4.78 is 5.23. The van der Waals surface area contributed by atoms with Crippen LogP contribution in [0.2, 0.25) is 0 Å². The molecule has 1 aliphatic rings. The Bertz CT molecular complexity index is 370. The lowest BCUT2D eigenvalue weighted by molar-refractivity contribution is 0.161. The Morgan fingerprint density at radius 2 is 2.39 bits per heavy atom. The van der Waals surface area contributed by atoms with Crippen molar-refractivity contribution < 1.29 is 4.74 Å². The molecule has 0 saturated carbocycles. The third-order valence-electron chi connectivity index (χ3n) is 3.30. The largest absolute Gasteiger partial charge is 0.384 e. The molecule has 1 aromatic rings. The van der Waals surface area contributed by atoms with Gasteiger partial charge in [-0.25, -0.2) is 4.98 Å². The van der Waals surface area contributed by atoms with Gasteiger partial charge in [-0.05, 0) is 25.0 Å². The molecule has 1 unspecified atom stereocenters. The second-order valence-corrected chi connectivity index (χ2v) is 4.86. The molecule has 1 saturated heterocycles. The van der Waals surface area contributed by atoms with E-state index in [2.05, 4.69) is 34.3 Å². The highest BCUT2D eigenvalue weighted by molar-refractivity contribution is 5.47. The van der Waals surface area contributed by atoms with Crippen LogP contribution in [0.5, 0.6) is 0 Å². The van der Waals surface area contributed by atoms with Crippen LogP contribution < -0.4 is 10.2 Å². The third-order valence-corrected chi connectivity index (χ3v) is 3.30. The average Bonchev–Trinajstić information content (AvgIpc) is 2.86. The van der Waals surface area contributed by atoms with Gasteiger partial charge in [-0.2, -0.15) is 0 Å². The van der Waals surface area contributed by atoms with Gasteiger partial charge in [-0.1, -0.05) is 13.0 Å². The van der Waals surface area contributed by atoms with Crippen LogP contribution >= 0.6 is 0 Å². The van der Waals surface area contributed by atoms with E-state index in [1.54, 1.807) is 7.11 Å². The first-order valence-electron chi connectivity index (χ1n) is 6.78. The molecule has 2 heterocycles. The molecular formula is C14H23N3O. The number of hydrogen-bond donors (Lipinski definition) is 1. The van der Waals surface area contributed by atoms with Crippen molar-refractivity contribution in [3.8, 4) is 0 Å². The first-order valence-corrected chi connectivity index (χ1v) is 6.78. The van der Waals surface area contributed by atoms with Gasteiger partial charge in [0.15, 0.2) is 0 Å². The van der Waals surface area contributed by atoms with Gasteiger partial charge < -0.3 is 15.0 Å². The lowest BCUT2D eigenvalue weighted by Crippen LogP contribution is -2.22. The summed E-state index contributed by atoms with van der Waals surface area (Å²) in [7, 11) is 1.77. The summed E-state index contributed by atoms with van der Waals surface area (Å²) in [6.45, 7) is 6.12. The van der Waals surface area contributed by atoms with Crippen molar-refractivity contribution in [3.63, 3.8) is 0 Å². The minimum Gasteiger partial charge on any atom is -0.384 e. The van der Waals surface area contributed by atoms with Crippen molar-refractivity contribution in [2.24, 2.45) is 5.92 Å². The third kappa shape index (κ3) is 3.35. The van der Waals surface area contributed by atoms with E-state index >= 15 is 0 Å². The lowest BCUT2D eigenvalue weighted by Gasteiger charge is -2.18. The van der Waals surface area contributed by atoms with Gasteiger partial charge in [0.2, 0.25) is 0 Å². The summed E-state index contributed by atoms with van der Waals surface area (Å²) in [5.74, 6) is 2.70. The predicted octanol–water partition coefficient (Wildman–Crippen LogP) is 2.38. The van der Waals surface area contributed by atoms with Gasteiger partial charge in [-0.15, -0.1) is 0 Å². The van der Waals surface area contributed by atoms with Gasteiger partial charge in [0.25, 0.3) is 0 Å². The van der Waals surface area contributed by atoms with Crippen molar-refractivity contribution in [1.29, 1.82) is 0 Å². The number of ether oxygens (including phenoxy) is 1. The van der Waals surface area contributed by atoms with Crippen molar-refractivity contribution >= 4 is 11.6 Å². The summed E-state index contributed by atoms with van der Waals surface area (Å²) in [5.41, 5.74) is 0. The number of aromatic nitrogens is 1. The Balaban J connectivity index is 1.96. The van der Waals surface area contributed by atoms with Gasteiger partial charge >= 0.3 is 0 Å². The fourth-order valence-electron chi connectivity index (χ4n) is 2.36. The molecule has 0 bridgehead atoms. The van der Waals surface area contributed by atoms with Gasteiger partial charge in [-0.3, -0.25) is 0 Å². The van der Waals surface area contributed by atoms with Crippen molar-refractivity contribution in [1.82, 2.24) is 4.98 Å². The van der Waals surface area contributed by atoms with E-state index in [-0.39, 0.29) is 0 Å². The minimum absolute atomic E-state index is 0.643. The number of nitrogens with zero attached hydrogens (tertiary/aromatic N) is 2. The first kappa shape index (κ1) is 13.1. The highest BCUT2D eigenvalue weighted by Gasteiger charge is 2.23. The number of hydrogen-bond acceptors (Lipinski definition) is 4. The zero-order chi connectivity index (χ0) is 12.8. The monoisotopic (exact) mass is 249 g/mol. The van der Waals surface area contributed by atoms with E-state index in [9.17, 15) is 0 Å². The minimum atomic E-state index is 0.643. The van der Waals surface area contributed by atoms with Crippen molar-refractivity contribution in [3.05, 3.63) is 18.2 Å². The predicted molar refractivity (Wildman–Crippen MR) is 75.2 cm³/mol. The molecule has 1 aliphatic heterocycles. The highest BCUT2D eigenvalue weighted by atomic mass is 16.5. The SMILES string of the molecule is CCCNc1cccc(N2CCC(COC)C2)n1. The summed E-state index contributed by atoms with van der Waals surface area (Å²) >= 11 is 0. The molecule has 1 N–H and O–H groups in total. The van der Waals surface area contributed by atoms with Crippen LogP contribution in [0.15, 0.2) is 18.2 Å². The van der Waals surface area contributed by atoms with Gasteiger partial charge in [0, 0.05) is 32.7 Å². The zero-order valence-corrected chi connectivity index (χ0v) is 11.4. The molecule has 0 aliphatic carbocycles. The number of anilines is 2. The number of nitrogens with one attached hydrogen (secondary N) is 1. The Hall–Kier alpha value is -1.29. The van der Waals surface area contributed by atoms with Crippen molar-refractivity contribution in [2.45, 2.75) is 19.8 Å². The smallest absolute Gasteiger partial charge is 0.130 e.